The van der Waals surface area contributed by atoms with E-state index in [2.05, 4.69) is 29.5 Å². The standard InChI is InChI=1S/C23H46N2O3.C12H20O2/c1-2-3-4-5-6-7-8-9-13-20-28-23(27)14-11-10-12-17-25-18-15-22(21-25)24-16-19-26;1-3-10-14-11-8-6-4-5-7-9-12(2)13/h22,24,26H,2-21H2,1H3;10H,1,4-9,11H2,2H3. The minimum atomic E-state index is -0.0194. The molecule has 1 aliphatic rings. The summed E-state index contributed by atoms with van der Waals surface area (Å²) in [5.74, 6) is 0.276. The highest BCUT2D eigenvalue weighted by Crippen LogP contribution is 2.12. The number of hydrogen-bond acceptors (Lipinski definition) is 7. The van der Waals surface area contributed by atoms with Crippen LogP contribution in [0.1, 0.15) is 142 Å². The van der Waals surface area contributed by atoms with Gasteiger partial charge in [0.05, 0.1) is 19.8 Å². The van der Waals surface area contributed by atoms with Crippen LogP contribution in [0.2, 0.25) is 0 Å². The van der Waals surface area contributed by atoms with Gasteiger partial charge >= 0.3 is 5.97 Å². The number of rotatable bonds is 28. The molecule has 1 saturated heterocycles. The Morgan fingerprint density at radius 2 is 1.48 bits per heavy atom. The molecule has 0 radical (unpaired) electrons. The van der Waals surface area contributed by atoms with Crippen LogP contribution >= 0.6 is 0 Å². The molecule has 1 unspecified atom stereocenters. The average molecular weight is 595 g/mol. The summed E-state index contributed by atoms with van der Waals surface area (Å²) in [6, 6.07) is 0.531. The van der Waals surface area contributed by atoms with E-state index in [1.165, 1.54) is 76.9 Å². The average Bonchev–Trinajstić information content (AvgIpc) is 3.43. The predicted molar refractivity (Wildman–Crippen MR) is 175 cm³/mol. The molecule has 0 aromatic heterocycles. The lowest BCUT2D eigenvalue weighted by Crippen LogP contribution is -2.34. The fourth-order valence-electron chi connectivity index (χ4n) is 5.13. The summed E-state index contributed by atoms with van der Waals surface area (Å²) in [5.41, 5.74) is 2.56. The van der Waals surface area contributed by atoms with Crippen molar-refractivity contribution in [2.45, 2.75) is 148 Å². The van der Waals surface area contributed by atoms with Crippen LogP contribution in [0.15, 0.2) is 18.6 Å². The molecule has 0 amide bonds. The molecule has 0 aromatic rings. The van der Waals surface area contributed by atoms with Gasteiger partial charge in [0.25, 0.3) is 0 Å². The number of carbonyl (C=O) groups excluding carboxylic acids is 2. The fourth-order valence-corrected chi connectivity index (χ4v) is 5.13. The van der Waals surface area contributed by atoms with Gasteiger partial charge in [0, 0.05) is 32.0 Å². The summed E-state index contributed by atoms with van der Waals surface area (Å²) in [6.07, 6.45) is 24.4. The Labute approximate surface area is 258 Å². The summed E-state index contributed by atoms with van der Waals surface area (Å²) in [6.45, 7) is 12.9. The van der Waals surface area contributed by atoms with Crippen molar-refractivity contribution in [2.75, 3.05) is 46.0 Å². The van der Waals surface area contributed by atoms with Crippen LogP contribution in [0, 0.1) is 0 Å². The third kappa shape index (κ3) is 29.8. The van der Waals surface area contributed by atoms with E-state index in [1.54, 1.807) is 6.92 Å². The van der Waals surface area contributed by atoms with Crippen LogP contribution in [-0.4, -0.2) is 73.8 Å². The highest BCUT2D eigenvalue weighted by Gasteiger charge is 2.20. The molecule has 246 valence electrons. The lowest BCUT2D eigenvalue weighted by molar-refractivity contribution is -0.143. The molecule has 2 N–H and O–H groups in total. The lowest BCUT2D eigenvalue weighted by Gasteiger charge is -2.16. The molecular weight excluding hydrogens is 528 g/mol. The normalized spacial score (nSPS) is 14.6. The zero-order valence-corrected chi connectivity index (χ0v) is 27.5. The van der Waals surface area contributed by atoms with Crippen molar-refractivity contribution in [1.29, 1.82) is 0 Å². The van der Waals surface area contributed by atoms with E-state index in [0.29, 0.717) is 31.4 Å². The van der Waals surface area contributed by atoms with Gasteiger partial charge in [-0.25, -0.2) is 0 Å². The summed E-state index contributed by atoms with van der Waals surface area (Å²) < 4.78 is 10.4. The molecule has 1 fully saturated rings. The maximum atomic E-state index is 11.8. The largest absolute Gasteiger partial charge is 0.493 e. The quantitative estimate of drug-likeness (QED) is 0.0419. The van der Waals surface area contributed by atoms with Gasteiger partial charge in [-0.05, 0) is 58.5 Å². The number of ether oxygens (including phenoxy) is 2. The van der Waals surface area contributed by atoms with E-state index in [4.69, 9.17) is 14.6 Å². The fraction of sp³-hybridized carbons (Fsp3) is 0.857. The molecule has 1 atom stereocenters. The number of hydrogen-bond donors (Lipinski definition) is 2. The zero-order chi connectivity index (χ0) is 30.9. The van der Waals surface area contributed by atoms with E-state index in [0.717, 1.165) is 77.6 Å². The third-order valence-electron chi connectivity index (χ3n) is 7.64. The number of aliphatic hydroxyl groups is 1. The SMILES string of the molecule is C=C=COCCCCCCCC(C)=O.CCCCCCCCCCCOC(=O)CCCCCN1CCC(NCCO)C1. The summed E-state index contributed by atoms with van der Waals surface area (Å²) in [4.78, 5) is 24.9. The van der Waals surface area contributed by atoms with Crippen molar-refractivity contribution in [1.82, 2.24) is 10.2 Å². The predicted octanol–water partition coefficient (Wildman–Crippen LogP) is 7.51. The van der Waals surface area contributed by atoms with Crippen molar-refractivity contribution >= 4 is 11.8 Å². The Hall–Kier alpha value is -1.66. The summed E-state index contributed by atoms with van der Waals surface area (Å²) >= 11 is 0. The summed E-state index contributed by atoms with van der Waals surface area (Å²) in [7, 11) is 0. The van der Waals surface area contributed by atoms with E-state index < -0.39 is 0 Å². The highest BCUT2D eigenvalue weighted by molar-refractivity contribution is 5.75. The van der Waals surface area contributed by atoms with Gasteiger partial charge in [-0.2, -0.15) is 0 Å². The van der Waals surface area contributed by atoms with Gasteiger partial charge in [-0.15, -0.1) is 0 Å². The number of likely N-dealkylation sites (tertiary alicyclic amines) is 1. The molecule has 0 spiro atoms. The van der Waals surface area contributed by atoms with Gasteiger partial charge in [0.2, 0.25) is 0 Å². The first-order valence-electron chi connectivity index (χ1n) is 17.2. The van der Waals surface area contributed by atoms with Gasteiger partial charge in [-0.3, -0.25) is 4.79 Å². The maximum Gasteiger partial charge on any atom is 0.305 e. The minimum Gasteiger partial charge on any atom is -0.493 e. The monoisotopic (exact) mass is 594 g/mol. The van der Waals surface area contributed by atoms with Crippen molar-refractivity contribution < 1.29 is 24.2 Å². The Morgan fingerprint density at radius 1 is 0.881 bits per heavy atom. The van der Waals surface area contributed by atoms with Gasteiger partial charge in [0.15, 0.2) is 0 Å². The van der Waals surface area contributed by atoms with Crippen LogP contribution in [-0.2, 0) is 19.1 Å². The first-order valence-corrected chi connectivity index (χ1v) is 17.2. The number of nitrogens with one attached hydrogen (secondary N) is 1. The van der Waals surface area contributed by atoms with Crippen LogP contribution in [0.3, 0.4) is 0 Å². The second-order valence-electron chi connectivity index (χ2n) is 11.7. The molecule has 0 aromatic carbocycles. The highest BCUT2D eigenvalue weighted by atomic mass is 16.5. The van der Waals surface area contributed by atoms with Crippen molar-refractivity contribution in [3.8, 4) is 0 Å². The van der Waals surface area contributed by atoms with E-state index in [9.17, 15) is 9.59 Å². The van der Waals surface area contributed by atoms with Crippen molar-refractivity contribution in [2.24, 2.45) is 0 Å². The van der Waals surface area contributed by atoms with E-state index in [-0.39, 0.29) is 12.6 Å². The van der Waals surface area contributed by atoms with Crippen molar-refractivity contribution in [3.05, 3.63) is 18.6 Å². The maximum absolute atomic E-state index is 11.8. The molecule has 1 aliphatic heterocycles. The number of nitrogens with zero attached hydrogens (tertiary/aromatic N) is 1. The molecule has 0 bridgehead atoms. The third-order valence-corrected chi connectivity index (χ3v) is 7.64. The Kier molecular flexibility index (Phi) is 31.0. The molecule has 1 heterocycles. The topological polar surface area (TPSA) is 88.1 Å². The number of aliphatic hydroxyl groups excluding tert-OH is 1. The first kappa shape index (κ1) is 40.3. The molecular formula is C35H66N2O5. The molecule has 7 heteroatoms. The van der Waals surface area contributed by atoms with Gasteiger partial charge < -0.3 is 29.6 Å². The molecule has 42 heavy (non-hydrogen) atoms. The molecule has 7 nitrogen and oxygen atoms in total. The van der Waals surface area contributed by atoms with Gasteiger partial charge in [0.1, 0.15) is 12.0 Å². The number of Topliss-reactive ketones (excluding diaryl/α,β-unsaturated/α-hetero) is 1. The molecule has 0 saturated carbocycles. The van der Waals surface area contributed by atoms with Crippen LogP contribution in [0.4, 0.5) is 0 Å². The zero-order valence-electron chi connectivity index (χ0n) is 27.5. The number of ketones is 1. The molecule has 1 rings (SSSR count). The smallest absolute Gasteiger partial charge is 0.305 e. The van der Waals surface area contributed by atoms with E-state index >= 15 is 0 Å². The Morgan fingerprint density at radius 3 is 2.12 bits per heavy atom. The Balaban J connectivity index is 0.00000101. The number of unbranched alkanes of at least 4 members (excludes halogenated alkanes) is 14. The number of carbonyl (C=O) groups is 2. The van der Waals surface area contributed by atoms with Gasteiger partial charge in [-0.1, -0.05) is 96.3 Å². The van der Waals surface area contributed by atoms with Crippen LogP contribution in [0.25, 0.3) is 0 Å². The first-order chi connectivity index (χ1) is 20.5. The summed E-state index contributed by atoms with van der Waals surface area (Å²) in [5, 5.41) is 12.2. The van der Waals surface area contributed by atoms with Crippen molar-refractivity contribution in [3.63, 3.8) is 0 Å². The van der Waals surface area contributed by atoms with Crippen LogP contribution in [0.5, 0.6) is 0 Å². The molecule has 0 aliphatic carbocycles. The van der Waals surface area contributed by atoms with E-state index in [1.807, 2.05) is 0 Å². The second kappa shape index (κ2) is 32.3. The lowest BCUT2D eigenvalue weighted by atomic mass is 10.1. The van der Waals surface area contributed by atoms with Crippen LogP contribution < -0.4 is 5.32 Å². The number of esters is 1. The Bertz CT molecular complexity index is 658. The minimum absolute atomic E-state index is 0.0194. The second-order valence-corrected chi connectivity index (χ2v) is 11.7.